The summed E-state index contributed by atoms with van der Waals surface area (Å²) in [5, 5.41) is 2.84. The quantitative estimate of drug-likeness (QED) is 0.401. The number of ether oxygens (including phenoxy) is 1. The van der Waals surface area contributed by atoms with E-state index in [2.05, 4.69) is 5.32 Å². The zero-order chi connectivity index (χ0) is 28.8. The lowest BCUT2D eigenvalue weighted by Gasteiger charge is -2.33. The summed E-state index contributed by atoms with van der Waals surface area (Å²) < 4.78 is 48.3. The molecule has 3 aromatic rings. The van der Waals surface area contributed by atoms with E-state index in [1.165, 1.54) is 61.4 Å². The first-order valence-electron chi connectivity index (χ1n) is 12.4. The number of nitrogens with zero attached hydrogens (tertiary/aromatic N) is 2. The van der Waals surface area contributed by atoms with Gasteiger partial charge < -0.3 is 15.0 Å². The minimum Gasteiger partial charge on any atom is -0.497 e. The summed E-state index contributed by atoms with van der Waals surface area (Å²) in [7, 11) is -2.74. The molecule has 3 rings (SSSR count). The number of rotatable bonds is 10. The molecule has 0 heterocycles. The lowest BCUT2D eigenvalue weighted by Crippen LogP contribution is -2.54. The van der Waals surface area contributed by atoms with E-state index in [1.54, 1.807) is 57.2 Å². The van der Waals surface area contributed by atoms with Crippen LogP contribution in [0.3, 0.4) is 0 Å². The predicted molar refractivity (Wildman–Crippen MR) is 148 cm³/mol. The molecule has 8 nitrogen and oxygen atoms in total. The van der Waals surface area contributed by atoms with Gasteiger partial charge in [0.1, 0.15) is 24.2 Å². The number of methoxy groups -OCH3 is 1. The third-order valence-corrected chi connectivity index (χ3v) is 7.72. The third kappa shape index (κ3) is 7.57. The van der Waals surface area contributed by atoms with Gasteiger partial charge in [-0.2, -0.15) is 0 Å². The van der Waals surface area contributed by atoms with Gasteiger partial charge in [0, 0.05) is 17.6 Å². The first kappa shape index (κ1) is 29.6. The Morgan fingerprint density at radius 2 is 1.54 bits per heavy atom. The van der Waals surface area contributed by atoms with Gasteiger partial charge in [-0.05, 0) is 70.2 Å². The molecule has 1 atom stereocenters. The van der Waals surface area contributed by atoms with Crippen molar-refractivity contribution >= 4 is 27.5 Å². The minimum atomic E-state index is -4.21. The molecular formula is C29H34FN3O5S. The van der Waals surface area contributed by atoms with Crippen LogP contribution in [0.5, 0.6) is 5.75 Å². The predicted octanol–water partition coefficient (Wildman–Crippen LogP) is 4.36. The Labute approximate surface area is 229 Å². The van der Waals surface area contributed by atoms with Crippen molar-refractivity contribution in [3.8, 4) is 5.75 Å². The van der Waals surface area contributed by atoms with Crippen LogP contribution in [0.2, 0.25) is 0 Å². The summed E-state index contributed by atoms with van der Waals surface area (Å²) >= 11 is 0. The van der Waals surface area contributed by atoms with E-state index in [-0.39, 0.29) is 22.7 Å². The summed E-state index contributed by atoms with van der Waals surface area (Å²) in [6.07, 6.45) is 0. The second-order valence-electron chi connectivity index (χ2n) is 10.1. The topological polar surface area (TPSA) is 96.0 Å². The highest BCUT2D eigenvalue weighted by Crippen LogP contribution is 2.26. The van der Waals surface area contributed by atoms with Gasteiger partial charge in [-0.1, -0.05) is 36.4 Å². The first-order valence-corrected chi connectivity index (χ1v) is 13.8. The number of halogens is 1. The fourth-order valence-corrected chi connectivity index (χ4v) is 5.28. The first-order chi connectivity index (χ1) is 18.3. The lowest BCUT2D eigenvalue weighted by molar-refractivity contribution is -0.140. The normalized spacial score (nSPS) is 12.4. The molecular weight excluding hydrogens is 521 g/mol. The Hall–Kier alpha value is -3.92. The van der Waals surface area contributed by atoms with E-state index < -0.39 is 45.8 Å². The molecule has 0 aliphatic heterocycles. The Morgan fingerprint density at radius 3 is 2.10 bits per heavy atom. The summed E-state index contributed by atoms with van der Waals surface area (Å²) in [5.74, 6) is -1.18. The molecule has 0 bridgehead atoms. The van der Waals surface area contributed by atoms with Crippen molar-refractivity contribution < 1.29 is 27.1 Å². The van der Waals surface area contributed by atoms with E-state index >= 15 is 0 Å². The van der Waals surface area contributed by atoms with Crippen LogP contribution in [0.25, 0.3) is 0 Å². The van der Waals surface area contributed by atoms with Gasteiger partial charge in [0.25, 0.3) is 10.0 Å². The molecule has 1 unspecified atom stereocenters. The van der Waals surface area contributed by atoms with Gasteiger partial charge in [-0.25, -0.2) is 12.8 Å². The average Bonchev–Trinajstić information content (AvgIpc) is 2.90. The highest BCUT2D eigenvalue weighted by atomic mass is 32.2. The summed E-state index contributed by atoms with van der Waals surface area (Å²) in [6.45, 7) is 6.11. The molecule has 0 radical (unpaired) electrons. The minimum absolute atomic E-state index is 0.0425. The summed E-state index contributed by atoms with van der Waals surface area (Å²) in [4.78, 5) is 28.1. The molecule has 0 spiro atoms. The average molecular weight is 556 g/mol. The van der Waals surface area contributed by atoms with Gasteiger partial charge in [-0.15, -0.1) is 0 Å². The zero-order valence-corrected chi connectivity index (χ0v) is 23.5. The van der Waals surface area contributed by atoms with Crippen molar-refractivity contribution in [3.63, 3.8) is 0 Å². The van der Waals surface area contributed by atoms with Gasteiger partial charge in [0.15, 0.2) is 0 Å². The SMILES string of the molecule is COc1ccc(S(=O)(=O)N(CC(=O)N(Cc2ccccc2F)C(C)C(=O)NC(C)(C)C)c2ccccc2)cc1. The smallest absolute Gasteiger partial charge is 0.264 e. The van der Waals surface area contributed by atoms with Crippen molar-refractivity contribution in [2.24, 2.45) is 0 Å². The molecule has 10 heteroatoms. The highest BCUT2D eigenvalue weighted by Gasteiger charge is 2.33. The van der Waals surface area contributed by atoms with Gasteiger partial charge >= 0.3 is 0 Å². The molecule has 0 aliphatic rings. The van der Waals surface area contributed by atoms with Gasteiger partial charge in [0.05, 0.1) is 17.7 Å². The Kier molecular flexibility index (Phi) is 9.34. The number of carbonyl (C=O) groups excluding carboxylic acids is 2. The van der Waals surface area contributed by atoms with Crippen molar-refractivity contribution in [2.75, 3.05) is 18.0 Å². The summed E-state index contributed by atoms with van der Waals surface area (Å²) in [5.41, 5.74) is -0.115. The second kappa shape index (κ2) is 12.3. The van der Waals surface area contributed by atoms with Crippen LogP contribution in [0.1, 0.15) is 33.3 Å². The number of nitrogens with one attached hydrogen (secondary N) is 1. The van der Waals surface area contributed by atoms with Crippen molar-refractivity contribution in [1.29, 1.82) is 0 Å². The van der Waals surface area contributed by atoms with E-state index in [9.17, 15) is 22.4 Å². The molecule has 2 amide bonds. The van der Waals surface area contributed by atoms with Gasteiger partial charge in [0.2, 0.25) is 11.8 Å². The zero-order valence-electron chi connectivity index (χ0n) is 22.7. The van der Waals surface area contributed by atoms with E-state index in [0.29, 0.717) is 5.75 Å². The largest absolute Gasteiger partial charge is 0.497 e. The van der Waals surface area contributed by atoms with Crippen molar-refractivity contribution in [3.05, 3.63) is 90.2 Å². The van der Waals surface area contributed by atoms with Crippen molar-refractivity contribution in [1.82, 2.24) is 10.2 Å². The number of benzene rings is 3. The van der Waals surface area contributed by atoms with Crippen LogP contribution in [0, 0.1) is 5.82 Å². The van der Waals surface area contributed by atoms with Crippen LogP contribution in [-0.4, -0.2) is 50.4 Å². The van der Waals surface area contributed by atoms with Crippen LogP contribution in [0.15, 0.2) is 83.8 Å². The van der Waals surface area contributed by atoms with Crippen LogP contribution in [0.4, 0.5) is 10.1 Å². The second-order valence-corrected chi connectivity index (χ2v) is 11.9. The summed E-state index contributed by atoms with van der Waals surface area (Å²) in [6, 6.07) is 18.9. The maximum absolute atomic E-state index is 14.6. The number of para-hydroxylation sites is 1. The van der Waals surface area contributed by atoms with E-state index in [4.69, 9.17) is 4.74 Å². The molecule has 0 fully saturated rings. The maximum Gasteiger partial charge on any atom is 0.264 e. The number of hydrogen-bond acceptors (Lipinski definition) is 5. The number of carbonyl (C=O) groups is 2. The molecule has 0 aliphatic carbocycles. The van der Waals surface area contributed by atoms with Crippen molar-refractivity contribution in [2.45, 2.75) is 50.7 Å². The third-order valence-electron chi connectivity index (χ3n) is 5.93. The van der Waals surface area contributed by atoms with Gasteiger partial charge in [-0.3, -0.25) is 13.9 Å². The standard InChI is InChI=1S/C29H34FN3O5S/c1-21(28(35)31-29(2,3)4)32(19-22-11-9-10-14-26(22)30)27(34)20-33(23-12-7-6-8-13-23)39(36,37)25-17-15-24(38-5)16-18-25/h6-18,21H,19-20H2,1-5H3,(H,31,35). The van der Waals surface area contributed by atoms with E-state index in [1.807, 2.05) is 0 Å². The number of amides is 2. The van der Waals surface area contributed by atoms with E-state index in [0.717, 1.165) is 4.31 Å². The molecule has 1 N–H and O–H groups in total. The molecule has 208 valence electrons. The van der Waals surface area contributed by atoms with Crippen LogP contribution < -0.4 is 14.4 Å². The molecule has 0 aromatic heterocycles. The highest BCUT2D eigenvalue weighted by molar-refractivity contribution is 7.92. The monoisotopic (exact) mass is 555 g/mol. The number of hydrogen-bond donors (Lipinski definition) is 1. The van der Waals surface area contributed by atoms with Crippen LogP contribution >= 0.6 is 0 Å². The Balaban J connectivity index is 2.02. The Morgan fingerprint density at radius 1 is 0.949 bits per heavy atom. The number of sulfonamides is 1. The molecule has 3 aromatic carbocycles. The lowest BCUT2D eigenvalue weighted by atomic mass is 10.1. The Bertz CT molecular complexity index is 1390. The molecule has 0 saturated heterocycles. The molecule has 39 heavy (non-hydrogen) atoms. The fourth-order valence-electron chi connectivity index (χ4n) is 3.86. The fraction of sp³-hybridized carbons (Fsp3) is 0.310. The number of anilines is 1. The van der Waals surface area contributed by atoms with Crippen LogP contribution in [-0.2, 0) is 26.2 Å². The molecule has 0 saturated carbocycles. The maximum atomic E-state index is 14.6.